The molecule has 0 aliphatic carbocycles. The molecule has 21 heavy (non-hydrogen) atoms. The third-order valence-corrected chi connectivity index (χ3v) is 5.77. The Hall–Kier alpha value is -0.790. The number of nitrogens with one attached hydrogen (secondary N) is 1. The van der Waals surface area contributed by atoms with Crippen molar-refractivity contribution in [2.45, 2.75) is 33.6 Å². The first-order chi connectivity index (χ1) is 9.82. The fourth-order valence-electron chi connectivity index (χ4n) is 1.73. The molecule has 0 fully saturated rings. The number of sulfonamides is 1. The number of esters is 1. The largest absolute Gasteiger partial charge is 0.462 e. The van der Waals surface area contributed by atoms with Crippen LogP contribution in [0.5, 0.6) is 0 Å². The van der Waals surface area contributed by atoms with E-state index in [1.165, 1.54) is 11.3 Å². The molecule has 0 aromatic carbocycles. The van der Waals surface area contributed by atoms with Crippen LogP contribution in [0.15, 0.2) is 0 Å². The Kier molecular flexibility index (Phi) is 6.96. The van der Waals surface area contributed by atoms with E-state index in [1.54, 1.807) is 13.8 Å². The third kappa shape index (κ3) is 5.16. The summed E-state index contributed by atoms with van der Waals surface area (Å²) in [6.45, 7) is 5.58. The van der Waals surface area contributed by atoms with Gasteiger partial charge in [0, 0.05) is 10.8 Å². The average Bonchev–Trinajstić information content (AvgIpc) is 2.64. The number of unbranched alkanes of at least 4 members (excludes halogenated alkanes) is 1. The maximum atomic E-state index is 12.0. The van der Waals surface area contributed by atoms with Crippen LogP contribution in [0.3, 0.4) is 0 Å². The van der Waals surface area contributed by atoms with Gasteiger partial charge in [-0.2, -0.15) is 0 Å². The van der Waals surface area contributed by atoms with Gasteiger partial charge in [0.1, 0.15) is 5.00 Å². The summed E-state index contributed by atoms with van der Waals surface area (Å²) in [7, 11) is -3.49. The molecule has 1 heterocycles. The van der Waals surface area contributed by atoms with Crippen molar-refractivity contribution in [1.29, 1.82) is 0 Å². The Morgan fingerprint density at radius 2 is 2.00 bits per heavy atom. The van der Waals surface area contributed by atoms with Crippen molar-refractivity contribution < 1.29 is 17.9 Å². The molecule has 1 aromatic rings. The van der Waals surface area contributed by atoms with Crippen molar-refractivity contribution in [3.8, 4) is 0 Å². The van der Waals surface area contributed by atoms with Crippen molar-refractivity contribution in [3.63, 3.8) is 0 Å². The summed E-state index contributed by atoms with van der Waals surface area (Å²) in [5.74, 6) is -0.0866. The van der Waals surface area contributed by atoms with E-state index in [4.69, 9.17) is 16.3 Å². The van der Waals surface area contributed by atoms with Crippen molar-refractivity contribution in [1.82, 2.24) is 0 Å². The fraction of sp³-hybridized carbons (Fsp3) is 0.615. The maximum Gasteiger partial charge on any atom is 0.341 e. The summed E-state index contributed by atoms with van der Waals surface area (Å²) in [4.78, 5) is 12.9. The lowest BCUT2D eigenvalue weighted by Crippen LogP contribution is -2.18. The Morgan fingerprint density at radius 3 is 2.57 bits per heavy atom. The number of aryl methyl sites for hydroxylation is 1. The lowest BCUT2D eigenvalue weighted by molar-refractivity contribution is 0.0527. The van der Waals surface area contributed by atoms with E-state index < -0.39 is 16.0 Å². The molecule has 0 bridgehead atoms. The zero-order valence-electron chi connectivity index (χ0n) is 12.4. The maximum absolute atomic E-state index is 12.0. The normalized spacial score (nSPS) is 11.4. The van der Waals surface area contributed by atoms with Crippen LogP contribution in [-0.2, 0) is 14.8 Å². The Bertz CT molecular complexity index is 596. The zero-order valence-corrected chi connectivity index (χ0v) is 14.8. The highest BCUT2D eigenvalue weighted by molar-refractivity contribution is 7.92. The number of carbonyl (C=O) groups excluding carboxylic acids is 1. The second-order valence-corrected chi connectivity index (χ2v) is 7.97. The molecule has 0 spiro atoms. The molecule has 0 unspecified atom stereocenters. The van der Waals surface area contributed by atoms with Crippen LogP contribution in [0.4, 0.5) is 5.00 Å². The fourth-order valence-corrected chi connectivity index (χ4v) is 4.43. The molecule has 0 amide bonds. The van der Waals surface area contributed by atoms with Gasteiger partial charge in [-0.1, -0.05) is 0 Å². The van der Waals surface area contributed by atoms with Crippen molar-refractivity contribution >= 4 is 43.9 Å². The van der Waals surface area contributed by atoms with Crippen LogP contribution >= 0.6 is 22.9 Å². The van der Waals surface area contributed by atoms with Crippen LogP contribution in [0.1, 0.15) is 40.6 Å². The van der Waals surface area contributed by atoms with Crippen molar-refractivity contribution in [3.05, 3.63) is 16.0 Å². The van der Waals surface area contributed by atoms with E-state index in [0.717, 1.165) is 10.4 Å². The number of thiophene rings is 1. The number of halogens is 1. The summed E-state index contributed by atoms with van der Waals surface area (Å²) in [5.41, 5.74) is 1.05. The highest BCUT2D eigenvalue weighted by Gasteiger charge is 2.23. The number of carbonyl (C=O) groups is 1. The number of hydrogen-bond donors (Lipinski definition) is 1. The molecule has 0 radical (unpaired) electrons. The first-order valence-corrected chi connectivity index (χ1v) is 9.66. The Morgan fingerprint density at radius 1 is 1.33 bits per heavy atom. The monoisotopic (exact) mass is 353 g/mol. The van der Waals surface area contributed by atoms with Gasteiger partial charge in [0.25, 0.3) is 0 Å². The van der Waals surface area contributed by atoms with Gasteiger partial charge < -0.3 is 4.74 Å². The first kappa shape index (κ1) is 18.3. The van der Waals surface area contributed by atoms with E-state index in [9.17, 15) is 13.2 Å². The molecule has 1 N–H and O–H groups in total. The van der Waals surface area contributed by atoms with E-state index in [0.29, 0.717) is 29.3 Å². The molecule has 1 rings (SSSR count). The standard InChI is InChI=1S/C13H20ClNO4S2/c1-4-19-13(16)11-9(2)10(3)20-12(11)15-21(17,18)8-6-5-7-14/h15H,4-8H2,1-3H3. The predicted octanol–water partition coefficient (Wildman–Crippen LogP) is 3.30. The first-order valence-electron chi connectivity index (χ1n) is 6.66. The number of rotatable bonds is 8. The van der Waals surface area contributed by atoms with Crippen molar-refractivity contribution in [2.75, 3.05) is 23.0 Å². The quantitative estimate of drug-likeness (QED) is 0.442. The second-order valence-electron chi connectivity index (χ2n) is 4.52. The molecule has 1 aromatic heterocycles. The van der Waals surface area contributed by atoms with Crippen LogP contribution in [-0.4, -0.2) is 32.6 Å². The molecule has 0 aliphatic heterocycles. The van der Waals surface area contributed by atoms with Crippen LogP contribution in [0.2, 0.25) is 0 Å². The number of hydrogen-bond acceptors (Lipinski definition) is 5. The molecule has 120 valence electrons. The summed E-state index contributed by atoms with van der Waals surface area (Å²) < 4.78 is 31.5. The smallest absolute Gasteiger partial charge is 0.341 e. The SMILES string of the molecule is CCOC(=O)c1c(NS(=O)(=O)CCCCCl)sc(C)c1C. The van der Waals surface area contributed by atoms with Gasteiger partial charge in [-0.15, -0.1) is 22.9 Å². The highest BCUT2D eigenvalue weighted by atomic mass is 35.5. The van der Waals surface area contributed by atoms with Crippen molar-refractivity contribution in [2.24, 2.45) is 0 Å². The van der Waals surface area contributed by atoms with Gasteiger partial charge in [-0.3, -0.25) is 4.72 Å². The summed E-state index contributed by atoms with van der Waals surface area (Å²) in [6.07, 6.45) is 1.12. The van der Waals surface area contributed by atoms with Gasteiger partial charge in [-0.05, 0) is 39.2 Å². The second kappa shape index (κ2) is 8.00. The predicted molar refractivity (Wildman–Crippen MR) is 87.1 cm³/mol. The van der Waals surface area contributed by atoms with Gasteiger partial charge >= 0.3 is 5.97 Å². The molecule has 0 saturated heterocycles. The van der Waals surface area contributed by atoms with Gasteiger partial charge in [0.05, 0.1) is 17.9 Å². The molecule has 0 saturated carbocycles. The topological polar surface area (TPSA) is 72.5 Å². The Balaban J connectivity index is 2.98. The minimum Gasteiger partial charge on any atom is -0.462 e. The molecule has 0 aliphatic rings. The van der Waals surface area contributed by atoms with Crippen LogP contribution in [0, 0.1) is 13.8 Å². The molecule has 5 nitrogen and oxygen atoms in total. The zero-order chi connectivity index (χ0) is 16.0. The molecular formula is C13H20ClNO4S2. The van der Waals surface area contributed by atoms with Crippen LogP contribution in [0.25, 0.3) is 0 Å². The molecular weight excluding hydrogens is 334 g/mol. The van der Waals surface area contributed by atoms with Crippen LogP contribution < -0.4 is 4.72 Å². The minimum atomic E-state index is -3.49. The van der Waals surface area contributed by atoms with E-state index in [-0.39, 0.29) is 12.4 Å². The lowest BCUT2D eigenvalue weighted by atomic mass is 10.2. The third-order valence-electron chi connectivity index (χ3n) is 2.91. The molecule has 0 atom stereocenters. The van der Waals surface area contributed by atoms with Gasteiger partial charge in [-0.25, -0.2) is 13.2 Å². The summed E-state index contributed by atoms with van der Waals surface area (Å²) in [6, 6.07) is 0. The number of anilines is 1. The minimum absolute atomic E-state index is 0.0159. The van der Waals surface area contributed by atoms with Gasteiger partial charge in [0.15, 0.2) is 0 Å². The number of ether oxygens (including phenoxy) is 1. The summed E-state index contributed by atoms with van der Waals surface area (Å²) in [5, 5.41) is 0.328. The van der Waals surface area contributed by atoms with Gasteiger partial charge in [0.2, 0.25) is 10.0 Å². The molecule has 8 heteroatoms. The highest BCUT2D eigenvalue weighted by Crippen LogP contribution is 2.33. The lowest BCUT2D eigenvalue weighted by Gasteiger charge is -2.08. The van der Waals surface area contributed by atoms with E-state index in [2.05, 4.69) is 4.72 Å². The van der Waals surface area contributed by atoms with E-state index >= 15 is 0 Å². The Labute approximate surface area is 134 Å². The average molecular weight is 354 g/mol. The van der Waals surface area contributed by atoms with E-state index in [1.807, 2.05) is 6.92 Å². The summed E-state index contributed by atoms with van der Waals surface area (Å²) >= 11 is 6.79. The number of alkyl halides is 1.